The lowest BCUT2D eigenvalue weighted by Crippen LogP contribution is -2.28. The summed E-state index contributed by atoms with van der Waals surface area (Å²) in [6.45, 7) is 1.83. The van der Waals surface area contributed by atoms with Crippen LogP contribution in [-0.4, -0.2) is 6.18 Å². The van der Waals surface area contributed by atoms with Gasteiger partial charge in [-0.25, -0.2) is 0 Å². The van der Waals surface area contributed by atoms with Crippen molar-refractivity contribution in [2.75, 3.05) is 0 Å². The maximum atomic E-state index is 12.9. The summed E-state index contributed by atoms with van der Waals surface area (Å²) in [4.78, 5) is 0. The van der Waals surface area contributed by atoms with Crippen molar-refractivity contribution in [1.29, 1.82) is 5.26 Å². The highest BCUT2D eigenvalue weighted by molar-refractivity contribution is 9.11. The standard InChI is InChI=1S/C15H11BrF3N/c1-14(11-5-3-2-4-6-11)8-10(9-20)12(7-13(14)16)15(17,18)19/h2-7H,8H2,1H3. The largest absolute Gasteiger partial charge is 0.417 e. The molecule has 1 aromatic carbocycles. The fourth-order valence-corrected chi connectivity index (χ4v) is 2.90. The first kappa shape index (κ1) is 14.9. The summed E-state index contributed by atoms with van der Waals surface area (Å²) in [7, 11) is 0. The van der Waals surface area contributed by atoms with Gasteiger partial charge in [0.1, 0.15) is 0 Å². The quantitative estimate of drug-likeness (QED) is 0.704. The molecule has 1 atom stereocenters. The van der Waals surface area contributed by atoms with E-state index in [4.69, 9.17) is 5.26 Å². The molecule has 104 valence electrons. The Morgan fingerprint density at radius 2 is 1.85 bits per heavy atom. The molecule has 1 aliphatic rings. The van der Waals surface area contributed by atoms with Crippen molar-refractivity contribution in [2.24, 2.45) is 0 Å². The smallest absolute Gasteiger partial charge is 0.193 e. The molecule has 0 saturated heterocycles. The molecule has 2 rings (SSSR count). The van der Waals surface area contributed by atoms with Gasteiger partial charge >= 0.3 is 6.18 Å². The monoisotopic (exact) mass is 341 g/mol. The molecule has 5 heteroatoms. The molecule has 1 aromatic rings. The van der Waals surface area contributed by atoms with Crippen LogP contribution < -0.4 is 0 Å². The fourth-order valence-electron chi connectivity index (χ4n) is 2.30. The van der Waals surface area contributed by atoms with Crippen molar-refractivity contribution in [1.82, 2.24) is 0 Å². The van der Waals surface area contributed by atoms with Gasteiger partial charge in [0.05, 0.1) is 11.6 Å². The Morgan fingerprint density at radius 1 is 1.25 bits per heavy atom. The third kappa shape index (κ3) is 2.53. The van der Waals surface area contributed by atoms with E-state index in [0.29, 0.717) is 4.48 Å². The van der Waals surface area contributed by atoms with Crippen molar-refractivity contribution in [3.63, 3.8) is 0 Å². The van der Waals surface area contributed by atoms with Gasteiger partial charge in [0, 0.05) is 15.5 Å². The number of nitriles is 1. The summed E-state index contributed by atoms with van der Waals surface area (Å²) < 4.78 is 39.2. The van der Waals surface area contributed by atoms with Crippen LogP contribution in [0.15, 0.2) is 52.0 Å². The number of rotatable bonds is 1. The number of alkyl halides is 3. The second kappa shape index (κ2) is 5.10. The molecule has 0 heterocycles. The van der Waals surface area contributed by atoms with E-state index >= 15 is 0 Å². The number of hydrogen-bond donors (Lipinski definition) is 0. The second-order valence-corrected chi connectivity index (χ2v) is 5.72. The third-order valence-electron chi connectivity index (χ3n) is 3.50. The van der Waals surface area contributed by atoms with Crippen LogP contribution in [0, 0.1) is 11.3 Å². The van der Waals surface area contributed by atoms with Gasteiger partial charge in [0.25, 0.3) is 0 Å². The molecule has 0 saturated carbocycles. The Labute approximate surface area is 123 Å². The Kier molecular flexibility index (Phi) is 3.79. The lowest BCUT2D eigenvalue weighted by Gasteiger charge is -2.34. The van der Waals surface area contributed by atoms with Crippen LogP contribution >= 0.6 is 15.9 Å². The molecule has 1 aliphatic carbocycles. The number of nitrogens with zero attached hydrogens (tertiary/aromatic N) is 1. The van der Waals surface area contributed by atoms with Gasteiger partial charge in [-0.05, 0) is 18.1 Å². The minimum atomic E-state index is -4.51. The van der Waals surface area contributed by atoms with Crippen molar-refractivity contribution >= 4 is 15.9 Å². The average Bonchev–Trinajstić information content (AvgIpc) is 2.41. The topological polar surface area (TPSA) is 23.8 Å². The van der Waals surface area contributed by atoms with Crippen LogP contribution in [0.5, 0.6) is 0 Å². The number of hydrogen-bond acceptors (Lipinski definition) is 1. The van der Waals surface area contributed by atoms with Gasteiger partial charge in [0.2, 0.25) is 0 Å². The summed E-state index contributed by atoms with van der Waals surface area (Å²) in [5, 5.41) is 9.04. The molecule has 0 spiro atoms. The maximum absolute atomic E-state index is 12.9. The van der Waals surface area contributed by atoms with Gasteiger partial charge in [-0.2, -0.15) is 18.4 Å². The molecule has 0 N–H and O–H groups in total. The first-order valence-electron chi connectivity index (χ1n) is 5.92. The molecule has 0 bridgehead atoms. The van der Waals surface area contributed by atoms with Crippen molar-refractivity contribution < 1.29 is 13.2 Å². The van der Waals surface area contributed by atoms with E-state index in [2.05, 4.69) is 15.9 Å². The SMILES string of the molecule is CC1(c2ccccc2)CC(C#N)=C(C(F)(F)F)C=C1Br. The van der Waals surface area contributed by atoms with E-state index < -0.39 is 17.2 Å². The van der Waals surface area contributed by atoms with Crippen molar-refractivity contribution in [3.05, 3.63) is 57.6 Å². The highest BCUT2D eigenvalue weighted by Crippen LogP contribution is 2.47. The summed E-state index contributed by atoms with van der Waals surface area (Å²) in [6, 6.07) is 10.9. The Bertz CT molecular complexity index is 623. The summed E-state index contributed by atoms with van der Waals surface area (Å²) >= 11 is 3.25. The molecule has 0 amide bonds. The van der Waals surface area contributed by atoms with Gasteiger partial charge < -0.3 is 0 Å². The summed E-state index contributed by atoms with van der Waals surface area (Å²) in [5.74, 6) is 0. The van der Waals surface area contributed by atoms with E-state index in [1.54, 1.807) is 6.07 Å². The van der Waals surface area contributed by atoms with Crippen LogP contribution in [0.3, 0.4) is 0 Å². The predicted octanol–water partition coefficient (Wildman–Crippen LogP) is 5.01. The first-order chi connectivity index (χ1) is 9.29. The van der Waals surface area contributed by atoms with Crippen molar-refractivity contribution in [2.45, 2.75) is 24.9 Å². The van der Waals surface area contributed by atoms with Crippen LogP contribution in [-0.2, 0) is 5.41 Å². The minimum absolute atomic E-state index is 0.0272. The van der Waals surface area contributed by atoms with Gasteiger partial charge in [-0.15, -0.1) is 0 Å². The zero-order chi connectivity index (χ0) is 15.0. The maximum Gasteiger partial charge on any atom is 0.417 e. The van der Waals surface area contributed by atoms with Crippen LogP contribution in [0.25, 0.3) is 0 Å². The average molecular weight is 342 g/mol. The van der Waals surface area contributed by atoms with E-state index in [9.17, 15) is 13.2 Å². The molecule has 0 radical (unpaired) electrons. The molecule has 0 aromatic heterocycles. The third-order valence-corrected chi connectivity index (χ3v) is 4.61. The Hall–Kier alpha value is -1.54. The van der Waals surface area contributed by atoms with E-state index in [0.717, 1.165) is 11.6 Å². The van der Waals surface area contributed by atoms with Gasteiger partial charge in [0.15, 0.2) is 0 Å². The van der Waals surface area contributed by atoms with Gasteiger partial charge in [-0.3, -0.25) is 0 Å². The summed E-state index contributed by atoms with van der Waals surface area (Å²) in [6.07, 6.45) is -3.46. The van der Waals surface area contributed by atoms with Crippen LogP contribution in [0.4, 0.5) is 13.2 Å². The molecule has 0 fully saturated rings. The summed E-state index contributed by atoms with van der Waals surface area (Å²) in [5.41, 5.74) is -0.870. The Morgan fingerprint density at radius 3 is 2.35 bits per heavy atom. The lowest BCUT2D eigenvalue weighted by molar-refractivity contribution is -0.0892. The second-order valence-electron chi connectivity index (χ2n) is 4.87. The fraction of sp³-hybridized carbons (Fsp3) is 0.267. The van der Waals surface area contributed by atoms with Crippen LogP contribution in [0.2, 0.25) is 0 Å². The minimum Gasteiger partial charge on any atom is -0.193 e. The van der Waals surface area contributed by atoms with Crippen molar-refractivity contribution in [3.8, 4) is 6.07 Å². The molecular formula is C15H11BrF3N. The van der Waals surface area contributed by atoms with Crippen LogP contribution in [0.1, 0.15) is 18.9 Å². The lowest BCUT2D eigenvalue weighted by atomic mass is 9.73. The Balaban J connectivity index is 2.54. The molecule has 1 nitrogen and oxygen atoms in total. The molecule has 0 aliphatic heterocycles. The number of halogens is 4. The number of allylic oxidation sites excluding steroid dienone is 4. The predicted molar refractivity (Wildman–Crippen MR) is 74.1 cm³/mol. The van der Waals surface area contributed by atoms with E-state index in [1.807, 2.05) is 37.3 Å². The molecular weight excluding hydrogens is 331 g/mol. The highest BCUT2D eigenvalue weighted by atomic mass is 79.9. The number of benzene rings is 1. The first-order valence-corrected chi connectivity index (χ1v) is 6.72. The normalized spacial score (nSPS) is 23.3. The molecule has 20 heavy (non-hydrogen) atoms. The van der Waals surface area contributed by atoms with Gasteiger partial charge in [-0.1, -0.05) is 53.2 Å². The zero-order valence-corrected chi connectivity index (χ0v) is 12.2. The van der Waals surface area contributed by atoms with E-state index in [-0.39, 0.29) is 12.0 Å². The van der Waals surface area contributed by atoms with E-state index in [1.165, 1.54) is 0 Å². The highest BCUT2D eigenvalue weighted by Gasteiger charge is 2.43. The zero-order valence-electron chi connectivity index (χ0n) is 10.6. The molecule has 1 unspecified atom stereocenters.